The standard InChI is InChI=1S/C15H31N5/c1-12-8-19-20(11-12)14-4-2-13(3-5-14)9-18-15-10-16-6-7-17-15/h12-19H,2-11H2,1H3. The molecule has 116 valence electrons. The molecule has 0 radical (unpaired) electrons. The molecule has 2 saturated heterocycles. The molecule has 2 unspecified atom stereocenters. The molecule has 0 aromatic heterocycles. The monoisotopic (exact) mass is 281 g/mol. The van der Waals surface area contributed by atoms with Crippen LogP contribution in [0.3, 0.4) is 0 Å². The molecule has 0 aromatic rings. The van der Waals surface area contributed by atoms with E-state index >= 15 is 0 Å². The summed E-state index contributed by atoms with van der Waals surface area (Å²) in [5, 5.41) is 13.2. The average molecular weight is 281 g/mol. The van der Waals surface area contributed by atoms with Gasteiger partial charge in [-0.1, -0.05) is 6.92 Å². The Balaban J connectivity index is 1.33. The first kappa shape index (κ1) is 14.7. The molecule has 2 heterocycles. The fourth-order valence-corrected chi connectivity index (χ4v) is 3.78. The molecule has 2 atom stereocenters. The van der Waals surface area contributed by atoms with Crippen LogP contribution in [-0.4, -0.2) is 56.5 Å². The zero-order chi connectivity index (χ0) is 13.8. The lowest BCUT2D eigenvalue weighted by molar-refractivity contribution is 0.115. The highest BCUT2D eigenvalue weighted by molar-refractivity contribution is 4.83. The summed E-state index contributed by atoms with van der Waals surface area (Å²) in [6, 6.07) is 0.783. The lowest BCUT2D eigenvalue weighted by atomic mass is 9.85. The number of rotatable bonds is 4. The van der Waals surface area contributed by atoms with E-state index in [4.69, 9.17) is 0 Å². The first-order valence-electron chi connectivity index (χ1n) is 8.49. The summed E-state index contributed by atoms with van der Waals surface area (Å²) in [6.45, 7) is 9.18. The van der Waals surface area contributed by atoms with Crippen LogP contribution in [0.15, 0.2) is 0 Å². The number of piperazine rings is 1. The molecule has 1 aliphatic carbocycles. The average Bonchev–Trinajstić information content (AvgIpc) is 2.93. The van der Waals surface area contributed by atoms with Gasteiger partial charge in [-0.3, -0.25) is 10.7 Å². The maximum Gasteiger partial charge on any atom is 0.0701 e. The van der Waals surface area contributed by atoms with Crippen LogP contribution < -0.4 is 21.4 Å². The predicted molar refractivity (Wildman–Crippen MR) is 82.3 cm³/mol. The van der Waals surface area contributed by atoms with Crippen LogP contribution in [0, 0.1) is 11.8 Å². The lowest BCUT2D eigenvalue weighted by Crippen LogP contribution is -2.56. The quantitative estimate of drug-likeness (QED) is 0.589. The number of hydrazine groups is 1. The summed E-state index contributed by atoms with van der Waals surface area (Å²) in [7, 11) is 0. The van der Waals surface area contributed by atoms with Crippen LogP contribution in [-0.2, 0) is 0 Å². The van der Waals surface area contributed by atoms with E-state index in [9.17, 15) is 0 Å². The van der Waals surface area contributed by atoms with Crippen molar-refractivity contribution in [2.24, 2.45) is 11.8 Å². The van der Waals surface area contributed by atoms with Gasteiger partial charge in [0.05, 0.1) is 6.17 Å². The van der Waals surface area contributed by atoms with Gasteiger partial charge in [0.25, 0.3) is 0 Å². The van der Waals surface area contributed by atoms with Crippen LogP contribution >= 0.6 is 0 Å². The van der Waals surface area contributed by atoms with Gasteiger partial charge in [0.2, 0.25) is 0 Å². The molecule has 1 saturated carbocycles. The van der Waals surface area contributed by atoms with Gasteiger partial charge >= 0.3 is 0 Å². The number of hydrogen-bond acceptors (Lipinski definition) is 5. The highest BCUT2D eigenvalue weighted by atomic mass is 15.5. The molecular formula is C15H31N5. The van der Waals surface area contributed by atoms with Gasteiger partial charge < -0.3 is 10.6 Å². The minimum atomic E-state index is 0.475. The molecule has 3 rings (SSSR count). The summed E-state index contributed by atoms with van der Waals surface area (Å²) in [6.07, 6.45) is 5.96. The van der Waals surface area contributed by atoms with Crippen LogP contribution in [0.4, 0.5) is 0 Å². The zero-order valence-corrected chi connectivity index (χ0v) is 12.8. The van der Waals surface area contributed by atoms with Gasteiger partial charge in [-0.15, -0.1) is 0 Å². The molecule has 20 heavy (non-hydrogen) atoms. The summed E-state index contributed by atoms with van der Waals surface area (Å²) in [5.41, 5.74) is 3.57. The topological polar surface area (TPSA) is 51.4 Å². The Hall–Kier alpha value is -0.200. The highest BCUT2D eigenvalue weighted by Gasteiger charge is 2.29. The Morgan fingerprint density at radius 3 is 2.60 bits per heavy atom. The van der Waals surface area contributed by atoms with Crippen molar-refractivity contribution in [1.82, 2.24) is 26.4 Å². The fourth-order valence-electron chi connectivity index (χ4n) is 3.78. The van der Waals surface area contributed by atoms with Crippen LogP contribution in [0.2, 0.25) is 0 Å². The van der Waals surface area contributed by atoms with Gasteiger partial charge in [0.1, 0.15) is 0 Å². The third kappa shape index (κ3) is 3.92. The van der Waals surface area contributed by atoms with Crippen LogP contribution in [0.5, 0.6) is 0 Å². The molecule has 2 aliphatic heterocycles. The fraction of sp³-hybridized carbons (Fsp3) is 1.00. The molecule has 3 aliphatic rings. The second-order valence-electron chi connectivity index (χ2n) is 6.91. The summed E-state index contributed by atoms with van der Waals surface area (Å²) < 4.78 is 0. The molecule has 4 N–H and O–H groups in total. The van der Waals surface area contributed by atoms with Crippen molar-refractivity contribution < 1.29 is 0 Å². The Labute approximate surface area is 123 Å². The maximum atomic E-state index is 3.68. The molecule has 0 aromatic carbocycles. The summed E-state index contributed by atoms with van der Waals surface area (Å²) in [4.78, 5) is 0. The van der Waals surface area contributed by atoms with E-state index in [-0.39, 0.29) is 0 Å². The van der Waals surface area contributed by atoms with E-state index < -0.39 is 0 Å². The lowest BCUT2D eigenvalue weighted by Gasteiger charge is -2.35. The van der Waals surface area contributed by atoms with Crippen molar-refractivity contribution in [3.63, 3.8) is 0 Å². The first-order chi connectivity index (χ1) is 9.81. The van der Waals surface area contributed by atoms with Gasteiger partial charge in [-0.25, -0.2) is 5.01 Å². The minimum absolute atomic E-state index is 0.475. The van der Waals surface area contributed by atoms with Gasteiger partial charge in [-0.2, -0.15) is 0 Å². The van der Waals surface area contributed by atoms with Gasteiger partial charge in [0, 0.05) is 38.8 Å². The minimum Gasteiger partial charge on any atom is -0.313 e. The smallest absolute Gasteiger partial charge is 0.0701 e. The van der Waals surface area contributed by atoms with Gasteiger partial charge in [-0.05, 0) is 44.1 Å². The SMILES string of the molecule is CC1CNN(C2CCC(CNC3CNCCN3)CC2)C1. The van der Waals surface area contributed by atoms with E-state index in [1.807, 2.05) is 0 Å². The molecule has 5 heteroatoms. The third-order valence-corrected chi connectivity index (χ3v) is 5.10. The summed E-state index contributed by atoms with van der Waals surface area (Å²) in [5.74, 6) is 1.69. The molecule has 3 fully saturated rings. The summed E-state index contributed by atoms with van der Waals surface area (Å²) >= 11 is 0. The number of nitrogens with zero attached hydrogens (tertiary/aromatic N) is 1. The molecule has 0 spiro atoms. The van der Waals surface area contributed by atoms with Crippen molar-refractivity contribution in [3.8, 4) is 0 Å². The highest BCUT2D eigenvalue weighted by Crippen LogP contribution is 2.28. The van der Waals surface area contributed by atoms with E-state index in [0.717, 1.165) is 37.5 Å². The van der Waals surface area contributed by atoms with Crippen molar-refractivity contribution >= 4 is 0 Å². The normalized spacial score (nSPS) is 40.0. The molecule has 5 nitrogen and oxygen atoms in total. The van der Waals surface area contributed by atoms with Crippen molar-refractivity contribution in [3.05, 3.63) is 0 Å². The van der Waals surface area contributed by atoms with Gasteiger partial charge in [0.15, 0.2) is 0 Å². The Bertz CT molecular complexity index is 284. The van der Waals surface area contributed by atoms with E-state index in [1.165, 1.54) is 45.3 Å². The second-order valence-corrected chi connectivity index (χ2v) is 6.91. The Kier molecular flexibility index (Phi) is 5.29. The number of nitrogens with one attached hydrogen (secondary N) is 4. The van der Waals surface area contributed by atoms with Crippen molar-refractivity contribution in [1.29, 1.82) is 0 Å². The van der Waals surface area contributed by atoms with Crippen LogP contribution in [0.25, 0.3) is 0 Å². The van der Waals surface area contributed by atoms with Crippen molar-refractivity contribution in [2.75, 3.05) is 39.3 Å². The molecule has 0 amide bonds. The number of hydrogen-bond donors (Lipinski definition) is 4. The van der Waals surface area contributed by atoms with E-state index in [0.29, 0.717) is 6.17 Å². The van der Waals surface area contributed by atoms with Crippen LogP contribution in [0.1, 0.15) is 32.6 Å². The van der Waals surface area contributed by atoms with E-state index in [2.05, 4.69) is 33.3 Å². The maximum absolute atomic E-state index is 3.68. The Morgan fingerprint density at radius 2 is 1.95 bits per heavy atom. The largest absolute Gasteiger partial charge is 0.313 e. The second kappa shape index (κ2) is 7.18. The predicted octanol–water partition coefficient (Wildman–Crippen LogP) is 0.110. The van der Waals surface area contributed by atoms with E-state index in [1.54, 1.807) is 0 Å². The van der Waals surface area contributed by atoms with Crippen molar-refractivity contribution in [2.45, 2.75) is 44.8 Å². The molecular weight excluding hydrogens is 250 g/mol. The zero-order valence-electron chi connectivity index (χ0n) is 12.8. The Morgan fingerprint density at radius 1 is 1.10 bits per heavy atom. The first-order valence-corrected chi connectivity index (χ1v) is 8.49. The third-order valence-electron chi connectivity index (χ3n) is 5.10. The molecule has 0 bridgehead atoms.